The van der Waals surface area contributed by atoms with Gasteiger partial charge in [0.1, 0.15) is 0 Å². The lowest BCUT2D eigenvalue weighted by atomic mass is 9.92. The van der Waals surface area contributed by atoms with Crippen LogP contribution in [0.1, 0.15) is 34.8 Å². The molecule has 0 heterocycles. The van der Waals surface area contributed by atoms with E-state index in [0.717, 1.165) is 5.56 Å². The Hall–Kier alpha value is -2.66. The molecule has 1 unspecified atom stereocenters. The summed E-state index contributed by atoms with van der Waals surface area (Å²) in [5.74, 6) is -0.784. The number of benzene rings is 2. The summed E-state index contributed by atoms with van der Waals surface area (Å²) in [4.78, 5) is 23.2. The number of amides is 2. The maximum absolute atomic E-state index is 12.1. The Morgan fingerprint density at radius 3 is 2.48 bits per heavy atom. The molecule has 0 saturated heterocycles. The van der Waals surface area contributed by atoms with Crippen LogP contribution in [0.15, 0.2) is 54.6 Å². The van der Waals surface area contributed by atoms with Gasteiger partial charge < -0.3 is 16.2 Å². The number of nitrogens with two attached hydrogens (primary N) is 1. The first-order valence-electron chi connectivity index (χ1n) is 7.32. The van der Waals surface area contributed by atoms with Crippen LogP contribution in [0.2, 0.25) is 0 Å². The molecule has 0 bridgehead atoms. The lowest BCUT2D eigenvalue weighted by molar-refractivity contribution is -0.126. The van der Waals surface area contributed by atoms with Gasteiger partial charge in [0.05, 0.1) is 12.0 Å². The summed E-state index contributed by atoms with van der Waals surface area (Å²) in [6, 6.07) is 15.8. The minimum absolute atomic E-state index is 0.0491. The molecule has 2 amide bonds. The molecule has 0 aromatic heterocycles. The molecule has 2 aromatic rings. The average molecular weight is 312 g/mol. The zero-order chi connectivity index (χ0) is 16.9. The van der Waals surface area contributed by atoms with E-state index in [1.807, 2.05) is 18.2 Å². The quantitative estimate of drug-likeness (QED) is 0.758. The standard InChI is InChI=1S/C18H20N2O3/c1-18(23,15-8-3-2-4-9-15)11-16(21)20-12-13-6-5-7-14(10-13)17(19)22/h2-10,23H,11-12H2,1H3,(H2,19,22)(H,20,21). The van der Waals surface area contributed by atoms with Crippen molar-refractivity contribution < 1.29 is 14.7 Å². The smallest absolute Gasteiger partial charge is 0.248 e. The molecule has 23 heavy (non-hydrogen) atoms. The Balaban J connectivity index is 1.95. The molecule has 0 aliphatic heterocycles. The van der Waals surface area contributed by atoms with Gasteiger partial charge in [0.2, 0.25) is 11.8 Å². The number of carbonyl (C=O) groups is 2. The zero-order valence-corrected chi connectivity index (χ0v) is 13.0. The molecule has 0 aliphatic carbocycles. The van der Waals surface area contributed by atoms with E-state index in [2.05, 4.69) is 5.32 Å². The minimum Gasteiger partial charge on any atom is -0.385 e. The summed E-state index contributed by atoms with van der Waals surface area (Å²) in [7, 11) is 0. The van der Waals surface area contributed by atoms with Crippen LogP contribution in [0.5, 0.6) is 0 Å². The highest BCUT2D eigenvalue weighted by Crippen LogP contribution is 2.23. The summed E-state index contributed by atoms with van der Waals surface area (Å²) in [6.45, 7) is 1.88. The Bertz CT molecular complexity index is 696. The lowest BCUT2D eigenvalue weighted by Crippen LogP contribution is -2.32. The molecule has 4 N–H and O–H groups in total. The third kappa shape index (κ3) is 4.66. The fourth-order valence-corrected chi connectivity index (χ4v) is 2.31. The molecule has 0 saturated carbocycles. The van der Waals surface area contributed by atoms with Gasteiger partial charge in [-0.15, -0.1) is 0 Å². The molecule has 1 atom stereocenters. The highest BCUT2D eigenvalue weighted by atomic mass is 16.3. The number of aliphatic hydroxyl groups is 1. The van der Waals surface area contributed by atoms with E-state index in [9.17, 15) is 14.7 Å². The fourth-order valence-electron chi connectivity index (χ4n) is 2.31. The summed E-state index contributed by atoms with van der Waals surface area (Å²) in [6.07, 6.45) is -0.0491. The Morgan fingerprint density at radius 1 is 1.13 bits per heavy atom. The van der Waals surface area contributed by atoms with Gasteiger partial charge in [0.25, 0.3) is 0 Å². The van der Waals surface area contributed by atoms with E-state index in [-0.39, 0.29) is 18.9 Å². The Morgan fingerprint density at radius 2 is 1.83 bits per heavy atom. The molecule has 5 heteroatoms. The van der Waals surface area contributed by atoms with Crippen molar-refractivity contribution in [3.63, 3.8) is 0 Å². The van der Waals surface area contributed by atoms with E-state index in [1.165, 1.54) is 0 Å². The van der Waals surface area contributed by atoms with Gasteiger partial charge in [-0.3, -0.25) is 9.59 Å². The number of nitrogens with one attached hydrogen (secondary N) is 1. The number of primary amides is 1. The van der Waals surface area contributed by atoms with Crippen LogP contribution in [0.4, 0.5) is 0 Å². The maximum Gasteiger partial charge on any atom is 0.248 e. The Labute approximate surface area is 135 Å². The van der Waals surface area contributed by atoms with Gasteiger partial charge in [-0.05, 0) is 30.2 Å². The topological polar surface area (TPSA) is 92.4 Å². The van der Waals surface area contributed by atoms with Crippen LogP contribution in [-0.4, -0.2) is 16.9 Å². The van der Waals surface area contributed by atoms with Crippen LogP contribution < -0.4 is 11.1 Å². The summed E-state index contributed by atoms with van der Waals surface area (Å²) >= 11 is 0. The average Bonchev–Trinajstić information content (AvgIpc) is 2.53. The van der Waals surface area contributed by atoms with E-state index < -0.39 is 11.5 Å². The van der Waals surface area contributed by atoms with Gasteiger partial charge in [0.15, 0.2) is 0 Å². The molecule has 0 aliphatic rings. The second-order valence-corrected chi connectivity index (χ2v) is 5.66. The maximum atomic E-state index is 12.1. The lowest BCUT2D eigenvalue weighted by Gasteiger charge is -2.23. The first kappa shape index (κ1) is 16.7. The van der Waals surface area contributed by atoms with Crippen molar-refractivity contribution in [3.8, 4) is 0 Å². The van der Waals surface area contributed by atoms with E-state index in [1.54, 1.807) is 43.3 Å². The minimum atomic E-state index is -1.24. The molecule has 5 nitrogen and oxygen atoms in total. The van der Waals surface area contributed by atoms with Crippen molar-refractivity contribution in [3.05, 3.63) is 71.3 Å². The van der Waals surface area contributed by atoms with E-state index >= 15 is 0 Å². The van der Waals surface area contributed by atoms with Crippen LogP contribution in [-0.2, 0) is 16.9 Å². The van der Waals surface area contributed by atoms with E-state index in [0.29, 0.717) is 11.1 Å². The fraction of sp³-hybridized carbons (Fsp3) is 0.222. The third-order valence-electron chi connectivity index (χ3n) is 3.60. The second kappa shape index (κ2) is 7.07. The molecule has 0 radical (unpaired) electrons. The van der Waals surface area contributed by atoms with Gasteiger partial charge in [-0.2, -0.15) is 0 Å². The van der Waals surface area contributed by atoms with Crippen molar-refractivity contribution in [2.75, 3.05) is 0 Å². The van der Waals surface area contributed by atoms with Crippen molar-refractivity contribution in [1.82, 2.24) is 5.32 Å². The molecular weight excluding hydrogens is 292 g/mol. The predicted octanol–water partition coefficient (Wildman–Crippen LogP) is 1.70. The monoisotopic (exact) mass is 312 g/mol. The van der Waals surface area contributed by atoms with Crippen LogP contribution in [0.3, 0.4) is 0 Å². The molecule has 2 aromatic carbocycles. The van der Waals surface area contributed by atoms with Crippen LogP contribution >= 0.6 is 0 Å². The van der Waals surface area contributed by atoms with Crippen LogP contribution in [0.25, 0.3) is 0 Å². The second-order valence-electron chi connectivity index (χ2n) is 5.66. The first-order chi connectivity index (χ1) is 10.9. The van der Waals surface area contributed by atoms with Crippen LogP contribution in [0, 0.1) is 0 Å². The van der Waals surface area contributed by atoms with Crippen molar-refractivity contribution in [2.45, 2.75) is 25.5 Å². The molecule has 0 spiro atoms. The van der Waals surface area contributed by atoms with Crippen molar-refractivity contribution in [2.24, 2.45) is 5.73 Å². The number of hydrogen-bond acceptors (Lipinski definition) is 3. The normalized spacial score (nSPS) is 13.1. The molecular formula is C18H20N2O3. The largest absolute Gasteiger partial charge is 0.385 e. The number of hydrogen-bond donors (Lipinski definition) is 3. The third-order valence-corrected chi connectivity index (χ3v) is 3.60. The molecule has 120 valence electrons. The highest BCUT2D eigenvalue weighted by Gasteiger charge is 2.26. The van der Waals surface area contributed by atoms with Gasteiger partial charge >= 0.3 is 0 Å². The van der Waals surface area contributed by atoms with Gasteiger partial charge in [-0.1, -0.05) is 42.5 Å². The molecule has 2 rings (SSSR count). The van der Waals surface area contributed by atoms with Crippen molar-refractivity contribution >= 4 is 11.8 Å². The summed E-state index contributed by atoms with van der Waals surface area (Å²) in [5, 5.41) is 13.2. The predicted molar refractivity (Wildman–Crippen MR) is 87.4 cm³/mol. The first-order valence-corrected chi connectivity index (χ1v) is 7.32. The SMILES string of the molecule is CC(O)(CC(=O)NCc1cccc(C(N)=O)c1)c1ccccc1. The van der Waals surface area contributed by atoms with Gasteiger partial charge in [-0.25, -0.2) is 0 Å². The zero-order valence-electron chi connectivity index (χ0n) is 13.0. The number of carbonyl (C=O) groups excluding carboxylic acids is 2. The molecule has 0 fully saturated rings. The van der Waals surface area contributed by atoms with Crippen molar-refractivity contribution in [1.29, 1.82) is 0 Å². The highest BCUT2D eigenvalue weighted by molar-refractivity contribution is 5.92. The number of rotatable bonds is 6. The van der Waals surface area contributed by atoms with Gasteiger partial charge in [0, 0.05) is 12.1 Å². The Kier molecular flexibility index (Phi) is 5.13. The summed E-state index contributed by atoms with van der Waals surface area (Å²) < 4.78 is 0. The van der Waals surface area contributed by atoms with E-state index in [4.69, 9.17) is 5.73 Å². The summed E-state index contributed by atoms with van der Waals surface area (Å²) in [5.41, 5.74) is 5.85.